The molecule has 0 aliphatic carbocycles. The van der Waals surface area contributed by atoms with E-state index >= 15 is 0 Å². The molecule has 0 saturated carbocycles. The van der Waals surface area contributed by atoms with Crippen molar-refractivity contribution >= 4 is 21.2 Å². The zero-order valence-corrected chi connectivity index (χ0v) is 10.8. The van der Waals surface area contributed by atoms with Crippen molar-refractivity contribution in [2.45, 2.75) is 30.2 Å². The summed E-state index contributed by atoms with van der Waals surface area (Å²) in [6, 6.07) is 0. The van der Waals surface area contributed by atoms with E-state index in [1.165, 1.54) is 0 Å². The van der Waals surface area contributed by atoms with Crippen molar-refractivity contribution in [3.05, 3.63) is 5.01 Å². The smallest absolute Gasteiger partial charge is 0.232 e. The lowest BCUT2D eigenvalue weighted by Crippen LogP contribution is -2.18. The van der Waals surface area contributed by atoms with E-state index in [1.807, 2.05) is 0 Å². The molecule has 1 saturated heterocycles. The fraction of sp³-hybridized carbons (Fsp3) is 0.778. The van der Waals surface area contributed by atoms with Gasteiger partial charge in [0.2, 0.25) is 14.2 Å². The van der Waals surface area contributed by atoms with Gasteiger partial charge in [-0.25, -0.2) is 8.42 Å². The molecule has 0 spiro atoms. The van der Waals surface area contributed by atoms with Gasteiger partial charge in [-0.15, -0.1) is 10.2 Å². The normalized spacial score (nSPS) is 26.9. The highest BCUT2D eigenvalue weighted by molar-refractivity contribution is 7.92. The van der Waals surface area contributed by atoms with Crippen LogP contribution in [0.4, 0.5) is 0 Å². The molecular formula is C9H14N2O3S2. The van der Waals surface area contributed by atoms with Gasteiger partial charge in [0.15, 0.2) is 0 Å². The van der Waals surface area contributed by atoms with Crippen molar-refractivity contribution in [1.29, 1.82) is 0 Å². The first kappa shape index (κ1) is 11.9. The van der Waals surface area contributed by atoms with Crippen LogP contribution in [0, 0.1) is 5.92 Å². The van der Waals surface area contributed by atoms with Gasteiger partial charge in [0.25, 0.3) is 0 Å². The van der Waals surface area contributed by atoms with Crippen LogP contribution >= 0.6 is 11.3 Å². The SMILES string of the molecule is C[C@@H]1CC[C@@H](c2nnc(S(C)(=O)=O)s2)OC1. The maximum absolute atomic E-state index is 11.2. The topological polar surface area (TPSA) is 69.2 Å². The zero-order valence-electron chi connectivity index (χ0n) is 9.21. The van der Waals surface area contributed by atoms with E-state index in [9.17, 15) is 8.42 Å². The molecule has 0 bridgehead atoms. The first-order chi connectivity index (χ1) is 7.47. The molecule has 0 radical (unpaired) electrons. The third-order valence-electron chi connectivity index (χ3n) is 2.52. The lowest BCUT2D eigenvalue weighted by atomic mass is 10.0. The minimum absolute atomic E-state index is 0.0738. The molecule has 0 N–H and O–H groups in total. The number of sulfone groups is 1. The molecular weight excluding hydrogens is 248 g/mol. The predicted molar refractivity (Wildman–Crippen MR) is 60.1 cm³/mol. The summed E-state index contributed by atoms with van der Waals surface area (Å²) >= 11 is 1.11. The van der Waals surface area contributed by atoms with Crippen LogP contribution in [0.5, 0.6) is 0 Å². The molecule has 1 aromatic heterocycles. The number of nitrogens with zero attached hydrogens (tertiary/aromatic N) is 2. The lowest BCUT2D eigenvalue weighted by molar-refractivity contribution is -0.0127. The molecule has 2 heterocycles. The number of ether oxygens (including phenoxy) is 1. The summed E-state index contributed by atoms with van der Waals surface area (Å²) in [6.45, 7) is 2.84. The summed E-state index contributed by atoms with van der Waals surface area (Å²) in [5.74, 6) is 0.568. The summed E-state index contributed by atoms with van der Waals surface area (Å²) in [4.78, 5) is 0. The van der Waals surface area contributed by atoms with Crippen LogP contribution in [-0.2, 0) is 14.6 Å². The third kappa shape index (κ3) is 2.58. The third-order valence-corrected chi connectivity index (χ3v) is 5.20. The highest BCUT2D eigenvalue weighted by Gasteiger charge is 2.25. The molecule has 90 valence electrons. The Bertz CT molecular complexity index is 461. The maximum Gasteiger partial charge on any atom is 0.232 e. The Morgan fingerprint density at radius 3 is 2.62 bits per heavy atom. The van der Waals surface area contributed by atoms with Gasteiger partial charge in [-0.1, -0.05) is 18.3 Å². The summed E-state index contributed by atoms with van der Waals surface area (Å²) in [6.07, 6.45) is 3.03. The fourth-order valence-electron chi connectivity index (χ4n) is 1.58. The predicted octanol–water partition coefficient (Wildman–Crippen LogP) is 1.43. The Morgan fingerprint density at radius 1 is 1.38 bits per heavy atom. The average molecular weight is 262 g/mol. The molecule has 1 aliphatic heterocycles. The Kier molecular flexibility index (Phi) is 3.27. The van der Waals surface area contributed by atoms with Gasteiger partial charge in [0, 0.05) is 6.26 Å². The Labute approximate surface area is 98.8 Å². The average Bonchev–Trinajstić information content (AvgIpc) is 2.67. The summed E-state index contributed by atoms with van der Waals surface area (Å²) in [5.41, 5.74) is 0. The molecule has 0 aromatic carbocycles. The van der Waals surface area contributed by atoms with Crippen LogP contribution < -0.4 is 0 Å². The monoisotopic (exact) mass is 262 g/mol. The van der Waals surface area contributed by atoms with E-state index in [1.54, 1.807) is 0 Å². The molecule has 1 aromatic rings. The van der Waals surface area contributed by atoms with E-state index in [4.69, 9.17) is 4.74 Å². The quantitative estimate of drug-likeness (QED) is 0.806. The zero-order chi connectivity index (χ0) is 11.8. The maximum atomic E-state index is 11.2. The van der Waals surface area contributed by atoms with Crippen molar-refractivity contribution < 1.29 is 13.2 Å². The molecule has 1 fully saturated rings. The van der Waals surface area contributed by atoms with Gasteiger partial charge in [-0.05, 0) is 18.8 Å². The number of hydrogen-bond acceptors (Lipinski definition) is 6. The van der Waals surface area contributed by atoms with Crippen molar-refractivity contribution in [2.24, 2.45) is 5.92 Å². The largest absolute Gasteiger partial charge is 0.371 e. The fourth-order valence-corrected chi connectivity index (χ4v) is 3.29. The van der Waals surface area contributed by atoms with E-state index < -0.39 is 9.84 Å². The molecule has 0 amide bonds. The Morgan fingerprint density at radius 2 is 2.12 bits per heavy atom. The molecule has 7 heteroatoms. The van der Waals surface area contributed by atoms with Gasteiger partial charge in [-0.2, -0.15) is 0 Å². The second-order valence-corrected chi connectivity index (χ2v) is 7.38. The van der Waals surface area contributed by atoms with Crippen molar-refractivity contribution in [2.75, 3.05) is 12.9 Å². The minimum Gasteiger partial charge on any atom is -0.371 e. The second kappa shape index (κ2) is 4.38. The molecule has 5 nitrogen and oxygen atoms in total. The molecule has 2 rings (SSSR count). The van der Waals surface area contributed by atoms with Gasteiger partial charge in [-0.3, -0.25) is 0 Å². The molecule has 1 aliphatic rings. The highest BCUT2D eigenvalue weighted by atomic mass is 32.2. The first-order valence-electron chi connectivity index (χ1n) is 5.12. The number of hydrogen-bond donors (Lipinski definition) is 0. The van der Waals surface area contributed by atoms with Crippen LogP contribution in [0.1, 0.15) is 30.9 Å². The van der Waals surface area contributed by atoms with Crippen LogP contribution in [0.3, 0.4) is 0 Å². The van der Waals surface area contributed by atoms with E-state index in [2.05, 4.69) is 17.1 Å². The summed E-state index contributed by atoms with van der Waals surface area (Å²) < 4.78 is 28.2. The van der Waals surface area contributed by atoms with Crippen LogP contribution in [0.15, 0.2) is 4.34 Å². The second-order valence-electron chi connectivity index (χ2n) is 4.18. The van der Waals surface area contributed by atoms with Crippen LogP contribution in [0.25, 0.3) is 0 Å². The standard InChI is InChI=1S/C9H14N2O3S2/c1-6-3-4-7(14-5-6)8-10-11-9(15-8)16(2,12)13/h6-7H,3-5H2,1-2H3/t6-,7+/m1/s1. The van der Waals surface area contributed by atoms with Gasteiger partial charge in [0.1, 0.15) is 11.1 Å². The van der Waals surface area contributed by atoms with Crippen LogP contribution in [-0.4, -0.2) is 31.5 Å². The summed E-state index contributed by atoms with van der Waals surface area (Å²) in [7, 11) is -3.24. The minimum atomic E-state index is -3.24. The highest BCUT2D eigenvalue weighted by Crippen LogP contribution is 2.32. The summed E-state index contributed by atoms with van der Waals surface area (Å²) in [5, 5.41) is 8.25. The molecule has 2 atom stereocenters. The Balaban J connectivity index is 2.14. The van der Waals surface area contributed by atoms with E-state index in [0.29, 0.717) is 17.5 Å². The number of aromatic nitrogens is 2. The van der Waals surface area contributed by atoms with Gasteiger partial charge in [0.05, 0.1) is 6.61 Å². The van der Waals surface area contributed by atoms with E-state index in [0.717, 1.165) is 30.4 Å². The van der Waals surface area contributed by atoms with Crippen LogP contribution in [0.2, 0.25) is 0 Å². The van der Waals surface area contributed by atoms with Crippen molar-refractivity contribution in [3.8, 4) is 0 Å². The lowest BCUT2D eigenvalue weighted by Gasteiger charge is -2.24. The molecule has 16 heavy (non-hydrogen) atoms. The van der Waals surface area contributed by atoms with Gasteiger partial charge >= 0.3 is 0 Å². The van der Waals surface area contributed by atoms with E-state index in [-0.39, 0.29) is 10.4 Å². The van der Waals surface area contributed by atoms with Gasteiger partial charge < -0.3 is 4.74 Å². The molecule has 0 unspecified atom stereocenters. The van der Waals surface area contributed by atoms with Crippen molar-refractivity contribution in [1.82, 2.24) is 10.2 Å². The van der Waals surface area contributed by atoms with Crippen molar-refractivity contribution in [3.63, 3.8) is 0 Å². The first-order valence-corrected chi connectivity index (χ1v) is 7.82. The Hall–Kier alpha value is -0.530. The number of rotatable bonds is 2.